The Morgan fingerprint density at radius 2 is 1.95 bits per heavy atom. The Morgan fingerprint density at radius 3 is 2.58 bits per heavy atom. The molecule has 2 saturated heterocycles. The van der Waals surface area contributed by atoms with Crippen molar-refractivity contribution in [3.05, 3.63) is 35.9 Å². The summed E-state index contributed by atoms with van der Waals surface area (Å²) in [5, 5.41) is 9.72. The number of nitrogens with zero attached hydrogens (tertiary/aromatic N) is 1. The van der Waals surface area contributed by atoms with Crippen LogP contribution in [0.2, 0.25) is 0 Å². The maximum atomic E-state index is 9.72. The lowest BCUT2D eigenvalue weighted by atomic mass is 9.97. The number of ether oxygens (including phenoxy) is 2. The first-order valence-corrected chi connectivity index (χ1v) is 6.79. The molecule has 0 radical (unpaired) electrons. The predicted molar refractivity (Wildman–Crippen MR) is 71.7 cm³/mol. The number of β-amino-alcohol motifs (C(OH)–C–C–N with tert-alkyl or cyclic N) is 1. The van der Waals surface area contributed by atoms with Gasteiger partial charge in [0.05, 0.1) is 18.3 Å². The third kappa shape index (κ3) is 2.67. The number of hydrogen-bond acceptors (Lipinski definition) is 4. The summed E-state index contributed by atoms with van der Waals surface area (Å²) < 4.78 is 11.9. The van der Waals surface area contributed by atoms with Gasteiger partial charge in [-0.05, 0) is 13.8 Å². The third-order valence-electron chi connectivity index (χ3n) is 3.82. The van der Waals surface area contributed by atoms with Gasteiger partial charge in [0.1, 0.15) is 0 Å². The van der Waals surface area contributed by atoms with Gasteiger partial charge in [0, 0.05) is 25.2 Å². The minimum Gasteiger partial charge on any atom is -0.388 e. The highest BCUT2D eigenvalue weighted by Crippen LogP contribution is 2.34. The summed E-state index contributed by atoms with van der Waals surface area (Å²) in [6, 6.07) is 10.0. The Kier molecular flexibility index (Phi) is 3.14. The monoisotopic (exact) mass is 263 g/mol. The molecule has 2 heterocycles. The van der Waals surface area contributed by atoms with Crippen LogP contribution < -0.4 is 0 Å². The molecule has 0 saturated carbocycles. The number of rotatable bonds is 3. The Balaban J connectivity index is 1.58. The molecule has 2 aliphatic heterocycles. The highest BCUT2D eigenvalue weighted by Gasteiger charge is 2.43. The van der Waals surface area contributed by atoms with Crippen LogP contribution in [0.15, 0.2) is 30.3 Å². The minimum absolute atomic E-state index is 0.0707. The minimum atomic E-state index is -0.640. The molecule has 19 heavy (non-hydrogen) atoms. The van der Waals surface area contributed by atoms with Gasteiger partial charge in [-0.2, -0.15) is 0 Å². The summed E-state index contributed by atoms with van der Waals surface area (Å²) in [5.74, 6) is -0.640. The van der Waals surface area contributed by atoms with Gasteiger partial charge < -0.3 is 14.6 Å². The molecule has 2 atom stereocenters. The smallest absolute Gasteiger partial charge is 0.192 e. The first-order chi connectivity index (χ1) is 8.97. The molecule has 0 aliphatic carbocycles. The lowest BCUT2D eigenvalue weighted by Gasteiger charge is -2.45. The average molecular weight is 263 g/mol. The fourth-order valence-electron chi connectivity index (χ4n) is 2.95. The fourth-order valence-corrected chi connectivity index (χ4v) is 2.95. The molecule has 2 aliphatic rings. The van der Waals surface area contributed by atoms with Gasteiger partial charge in [-0.3, -0.25) is 4.90 Å². The van der Waals surface area contributed by atoms with E-state index in [9.17, 15) is 5.11 Å². The van der Waals surface area contributed by atoms with Crippen LogP contribution in [-0.4, -0.2) is 48.0 Å². The molecule has 1 aromatic carbocycles. The van der Waals surface area contributed by atoms with E-state index < -0.39 is 11.4 Å². The zero-order valence-electron chi connectivity index (χ0n) is 11.5. The highest BCUT2D eigenvalue weighted by molar-refractivity contribution is 5.20. The second kappa shape index (κ2) is 4.56. The summed E-state index contributed by atoms with van der Waals surface area (Å²) in [6.07, 6.45) is 0.0707. The number of hydrogen-bond donors (Lipinski definition) is 1. The van der Waals surface area contributed by atoms with E-state index in [0.29, 0.717) is 6.61 Å². The van der Waals surface area contributed by atoms with Crippen LogP contribution >= 0.6 is 0 Å². The summed E-state index contributed by atoms with van der Waals surface area (Å²) >= 11 is 0. The van der Waals surface area contributed by atoms with E-state index in [1.165, 1.54) is 0 Å². The van der Waals surface area contributed by atoms with Crippen molar-refractivity contribution in [3.8, 4) is 0 Å². The average Bonchev–Trinajstić information content (AvgIpc) is 2.71. The molecule has 0 bridgehead atoms. The van der Waals surface area contributed by atoms with Crippen LogP contribution in [0.4, 0.5) is 0 Å². The molecule has 3 rings (SSSR count). The van der Waals surface area contributed by atoms with Crippen molar-refractivity contribution < 1.29 is 14.6 Å². The molecule has 0 spiro atoms. The largest absolute Gasteiger partial charge is 0.388 e. The maximum Gasteiger partial charge on any atom is 0.192 e. The van der Waals surface area contributed by atoms with Crippen molar-refractivity contribution in [2.45, 2.75) is 31.3 Å². The van der Waals surface area contributed by atoms with Gasteiger partial charge in [-0.15, -0.1) is 0 Å². The van der Waals surface area contributed by atoms with Crippen molar-refractivity contribution in [1.29, 1.82) is 0 Å². The molecule has 104 valence electrons. The number of aliphatic hydroxyl groups is 1. The van der Waals surface area contributed by atoms with Crippen LogP contribution in [0.5, 0.6) is 0 Å². The summed E-state index contributed by atoms with van der Waals surface area (Å²) in [4.78, 5) is 2.20. The van der Waals surface area contributed by atoms with Crippen molar-refractivity contribution in [2.24, 2.45) is 0 Å². The molecule has 0 amide bonds. The maximum absolute atomic E-state index is 9.72. The van der Waals surface area contributed by atoms with Gasteiger partial charge in [-0.1, -0.05) is 30.3 Å². The first kappa shape index (κ1) is 13.1. The molecule has 4 heteroatoms. The molecule has 1 aromatic rings. The topological polar surface area (TPSA) is 41.9 Å². The van der Waals surface area contributed by atoms with E-state index in [1.807, 2.05) is 44.2 Å². The number of likely N-dealkylation sites (tertiary alicyclic amines) is 1. The van der Waals surface area contributed by atoms with Crippen molar-refractivity contribution >= 4 is 0 Å². The zero-order valence-corrected chi connectivity index (χ0v) is 11.5. The zero-order chi connectivity index (χ0) is 13.5. The SMILES string of the molecule is CC1(O)CN(CC2COC(C)(c3ccccc3)O2)C1. The van der Waals surface area contributed by atoms with Crippen molar-refractivity contribution in [2.75, 3.05) is 26.2 Å². The van der Waals surface area contributed by atoms with E-state index in [4.69, 9.17) is 9.47 Å². The second-order valence-electron chi connectivity index (χ2n) is 6.03. The van der Waals surface area contributed by atoms with E-state index >= 15 is 0 Å². The van der Waals surface area contributed by atoms with Gasteiger partial charge in [0.25, 0.3) is 0 Å². The van der Waals surface area contributed by atoms with Gasteiger partial charge in [0.2, 0.25) is 0 Å². The van der Waals surface area contributed by atoms with Crippen molar-refractivity contribution in [3.63, 3.8) is 0 Å². The Morgan fingerprint density at radius 1 is 1.26 bits per heavy atom. The standard InChI is InChI=1S/C15H21NO3/c1-14(17)10-16(11-14)8-13-9-18-15(2,19-13)12-6-4-3-5-7-12/h3-7,13,17H,8-11H2,1-2H3. The van der Waals surface area contributed by atoms with Crippen LogP contribution in [-0.2, 0) is 15.3 Å². The molecular weight excluding hydrogens is 242 g/mol. The van der Waals surface area contributed by atoms with Gasteiger partial charge in [0.15, 0.2) is 5.79 Å². The quantitative estimate of drug-likeness (QED) is 0.893. The van der Waals surface area contributed by atoms with Gasteiger partial charge in [-0.25, -0.2) is 0 Å². The Labute approximate surface area is 113 Å². The van der Waals surface area contributed by atoms with E-state index in [1.54, 1.807) is 0 Å². The van der Waals surface area contributed by atoms with E-state index in [-0.39, 0.29) is 6.10 Å². The van der Waals surface area contributed by atoms with Crippen LogP contribution in [0.3, 0.4) is 0 Å². The molecule has 4 nitrogen and oxygen atoms in total. The van der Waals surface area contributed by atoms with Crippen LogP contribution in [0.1, 0.15) is 19.4 Å². The molecular formula is C15H21NO3. The van der Waals surface area contributed by atoms with Crippen molar-refractivity contribution in [1.82, 2.24) is 4.90 Å². The van der Waals surface area contributed by atoms with Gasteiger partial charge >= 0.3 is 0 Å². The molecule has 0 aromatic heterocycles. The second-order valence-corrected chi connectivity index (χ2v) is 6.03. The normalized spacial score (nSPS) is 34.2. The van der Waals surface area contributed by atoms with Crippen LogP contribution in [0, 0.1) is 0 Å². The fraction of sp³-hybridized carbons (Fsp3) is 0.600. The molecule has 1 N–H and O–H groups in total. The van der Waals surface area contributed by atoms with E-state index in [2.05, 4.69) is 4.90 Å². The lowest BCUT2D eigenvalue weighted by molar-refractivity contribution is -0.169. The summed E-state index contributed by atoms with van der Waals surface area (Å²) in [7, 11) is 0. The lowest BCUT2D eigenvalue weighted by Crippen LogP contribution is -2.61. The highest BCUT2D eigenvalue weighted by atomic mass is 16.7. The summed E-state index contributed by atoms with van der Waals surface area (Å²) in [6.45, 7) is 6.69. The Bertz CT molecular complexity index is 440. The molecule has 2 unspecified atom stereocenters. The third-order valence-corrected chi connectivity index (χ3v) is 3.82. The first-order valence-electron chi connectivity index (χ1n) is 6.79. The summed E-state index contributed by atoms with van der Waals surface area (Å²) in [5.41, 5.74) is 0.524. The molecule has 2 fully saturated rings. The van der Waals surface area contributed by atoms with E-state index in [0.717, 1.165) is 25.2 Å². The Hall–Kier alpha value is -0.940. The predicted octanol–water partition coefficient (Wildman–Crippen LogP) is 1.34. The number of benzene rings is 1. The van der Waals surface area contributed by atoms with Crippen LogP contribution in [0.25, 0.3) is 0 Å².